The van der Waals surface area contributed by atoms with E-state index >= 15 is 0 Å². The molecule has 0 spiro atoms. The molecule has 0 heterocycles. The van der Waals surface area contributed by atoms with Gasteiger partial charge in [0.05, 0.1) is 0 Å². The molecule has 0 aliphatic rings. The van der Waals surface area contributed by atoms with Crippen molar-refractivity contribution in [1.29, 1.82) is 0 Å². The molecule has 0 aromatic heterocycles. The van der Waals surface area contributed by atoms with Gasteiger partial charge in [-0.15, -0.1) is 0 Å². The van der Waals surface area contributed by atoms with Gasteiger partial charge in [0.25, 0.3) is 0 Å². The van der Waals surface area contributed by atoms with Crippen molar-refractivity contribution in [3.05, 3.63) is 0 Å². The third-order valence-corrected chi connectivity index (χ3v) is 3.25. The van der Waals surface area contributed by atoms with Gasteiger partial charge in [0.2, 0.25) is 0 Å². The summed E-state index contributed by atoms with van der Waals surface area (Å²) >= 11 is 10.1. The van der Waals surface area contributed by atoms with Crippen molar-refractivity contribution in [3.63, 3.8) is 0 Å². The van der Waals surface area contributed by atoms with Crippen molar-refractivity contribution in [3.8, 4) is 0 Å². The molecule has 0 amide bonds. The Hall–Kier alpha value is 0.800. The summed E-state index contributed by atoms with van der Waals surface area (Å²) in [6, 6.07) is 0. The topological polar surface area (TPSA) is 0 Å². The summed E-state index contributed by atoms with van der Waals surface area (Å²) < 4.78 is 35.2. The minimum absolute atomic E-state index is 0.828. The van der Waals surface area contributed by atoms with Crippen molar-refractivity contribution in [2.45, 2.75) is 5.92 Å². The van der Waals surface area contributed by atoms with Crippen molar-refractivity contribution in [2.24, 2.45) is 0 Å². The predicted octanol–water partition coefficient (Wildman–Crippen LogP) is 3.63. The van der Waals surface area contributed by atoms with Gasteiger partial charge in [-0.05, 0) is 0 Å². The van der Waals surface area contributed by atoms with Gasteiger partial charge in [-0.25, -0.2) is 0 Å². The van der Waals surface area contributed by atoms with Crippen LogP contribution < -0.4 is 0 Å². The van der Waals surface area contributed by atoms with Crippen LogP contribution in [-0.4, -0.2) is 19.2 Å². The monoisotopic (exact) mass is 200 g/mol. The summed E-state index contributed by atoms with van der Waals surface area (Å²) in [6.45, 7) is 1.66. The van der Waals surface area contributed by atoms with Crippen LogP contribution >= 0.6 is 27.8 Å². The van der Waals surface area contributed by atoms with Gasteiger partial charge in [0.1, 0.15) is 0 Å². The molecule has 0 unspecified atom stereocenters. The number of rotatable bonds is 0. The summed E-state index contributed by atoms with van der Waals surface area (Å²) in [7, 11) is 0. The van der Waals surface area contributed by atoms with Gasteiger partial charge in [0, 0.05) is 0 Å². The fraction of sp³-hybridized carbons (Fsp3) is 1.00. The summed E-state index contributed by atoms with van der Waals surface area (Å²) in [4.78, 5) is 0. The molecular formula is C3H6Cl2F3P. The van der Waals surface area contributed by atoms with E-state index in [0.717, 1.165) is 13.3 Å². The first kappa shape index (κ1) is 9.80. The van der Waals surface area contributed by atoms with Crippen LogP contribution in [0.15, 0.2) is 0 Å². The van der Waals surface area contributed by atoms with Gasteiger partial charge in [-0.2, -0.15) is 0 Å². The molecule has 0 atom stereocenters. The molecule has 6 heteroatoms. The number of alkyl halides is 3. The number of hydrogen-bond acceptors (Lipinski definition) is 0. The molecule has 0 bridgehead atoms. The van der Waals surface area contributed by atoms with E-state index in [1.54, 1.807) is 0 Å². The normalized spacial score (nSPS) is 18.8. The molecule has 0 aliphatic heterocycles. The first-order chi connectivity index (χ1) is 3.51. The predicted molar refractivity (Wildman–Crippen MR) is 36.5 cm³/mol. The Morgan fingerprint density at radius 2 is 1.22 bits per heavy atom. The van der Waals surface area contributed by atoms with E-state index in [9.17, 15) is 13.2 Å². The summed E-state index contributed by atoms with van der Waals surface area (Å²) in [6.07, 6.45) is 0. The van der Waals surface area contributed by atoms with Crippen molar-refractivity contribution >= 4 is 27.8 Å². The number of hydrogen-bond donors (Lipinski definition) is 0. The molecule has 0 saturated carbocycles. The second kappa shape index (κ2) is 1.90. The first-order valence-electron chi connectivity index (χ1n) is 2.02. The van der Waals surface area contributed by atoms with Crippen LogP contribution in [0.5, 0.6) is 0 Å². The second-order valence-electron chi connectivity index (χ2n) is 2.27. The van der Waals surface area contributed by atoms with E-state index in [1.165, 1.54) is 0 Å². The maximum atomic E-state index is 11.7. The van der Waals surface area contributed by atoms with Crippen LogP contribution in [0.1, 0.15) is 0 Å². The van der Waals surface area contributed by atoms with Gasteiger partial charge in [-0.1, -0.05) is 0 Å². The molecule has 0 aromatic rings. The van der Waals surface area contributed by atoms with Crippen LogP contribution in [-0.2, 0) is 0 Å². The zero-order chi connectivity index (χ0) is 7.95. The van der Waals surface area contributed by atoms with Crippen molar-refractivity contribution in [2.75, 3.05) is 13.3 Å². The van der Waals surface area contributed by atoms with Crippen LogP contribution in [0.2, 0.25) is 0 Å². The van der Waals surface area contributed by atoms with Crippen molar-refractivity contribution in [1.82, 2.24) is 0 Å². The van der Waals surface area contributed by atoms with Crippen LogP contribution in [0.3, 0.4) is 0 Å². The molecule has 0 rings (SSSR count). The van der Waals surface area contributed by atoms with E-state index < -0.39 is 11.2 Å². The van der Waals surface area contributed by atoms with Crippen LogP contribution in [0, 0.1) is 0 Å². The van der Waals surface area contributed by atoms with E-state index in [4.69, 9.17) is 22.5 Å². The Balaban J connectivity index is 4.56. The standard InChI is InChI=1S/C3H6Cl2F3P/c1-9(2,4,5)3(6,7)8/h1-2H3. The van der Waals surface area contributed by atoms with Gasteiger partial charge >= 0.3 is 60.2 Å². The fourth-order valence-corrected chi connectivity index (χ4v) is 0. The van der Waals surface area contributed by atoms with E-state index in [0.29, 0.717) is 0 Å². The Kier molecular flexibility index (Phi) is 2.07. The molecular weight excluding hydrogens is 195 g/mol. The molecule has 58 valence electrons. The minimum atomic E-state index is -4.46. The fourth-order valence-electron chi connectivity index (χ4n) is 0. The van der Waals surface area contributed by atoms with Crippen molar-refractivity contribution < 1.29 is 13.2 Å². The van der Waals surface area contributed by atoms with Gasteiger partial charge in [0.15, 0.2) is 0 Å². The van der Waals surface area contributed by atoms with E-state index in [2.05, 4.69) is 0 Å². The summed E-state index contributed by atoms with van der Waals surface area (Å²) in [5, 5.41) is -4.37. The molecule has 0 N–H and O–H groups in total. The molecule has 0 aromatic carbocycles. The summed E-state index contributed by atoms with van der Waals surface area (Å²) in [5.74, 6) is -4.46. The molecule has 0 saturated heterocycles. The molecule has 0 fully saturated rings. The van der Waals surface area contributed by atoms with E-state index in [-0.39, 0.29) is 0 Å². The van der Waals surface area contributed by atoms with Gasteiger partial charge < -0.3 is 0 Å². The SMILES string of the molecule is CP(C)(Cl)(Cl)C(F)(F)F. The Labute approximate surface area is 60.8 Å². The average molecular weight is 201 g/mol. The molecule has 0 aliphatic carbocycles. The number of halogens is 5. The third-order valence-electron chi connectivity index (χ3n) is 0.699. The average Bonchev–Trinajstić information content (AvgIpc) is 1.20. The zero-order valence-corrected chi connectivity index (χ0v) is 7.24. The zero-order valence-electron chi connectivity index (χ0n) is 4.84. The Bertz CT molecular complexity index is 112. The van der Waals surface area contributed by atoms with Crippen LogP contribution in [0.4, 0.5) is 13.2 Å². The quantitative estimate of drug-likeness (QED) is 0.525. The van der Waals surface area contributed by atoms with E-state index in [1.807, 2.05) is 0 Å². The summed E-state index contributed by atoms with van der Waals surface area (Å²) in [5.41, 5.74) is 0. The Morgan fingerprint density at radius 3 is 1.22 bits per heavy atom. The molecule has 9 heavy (non-hydrogen) atoms. The molecule has 0 radical (unpaired) electrons. The van der Waals surface area contributed by atoms with Gasteiger partial charge in [-0.3, -0.25) is 0 Å². The third kappa shape index (κ3) is 2.48. The van der Waals surface area contributed by atoms with Crippen LogP contribution in [0.25, 0.3) is 0 Å². The second-order valence-corrected chi connectivity index (χ2v) is 13.0. The first-order valence-corrected chi connectivity index (χ1v) is 6.96. The maximum absolute atomic E-state index is 11.7. The molecule has 0 nitrogen and oxygen atoms in total. The Morgan fingerprint density at radius 1 is 1.11 bits per heavy atom.